The van der Waals surface area contributed by atoms with Crippen LogP contribution in [0.25, 0.3) is 0 Å². The Hall–Kier alpha value is -2.30. The molecule has 1 aliphatic heterocycles. The van der Waals surface area contributed by atoms with Crippen LogP contribution in [-0.2, 0) is 9.59 Å². The van der Waals surface area contributed by atoms with E-state index in [-0.39, 0.29) is 17.1 Å². The van der Waals surface area contributed by atoms with Gasteiger partial charge in [-0.3, -0.25) is 4.79 Å². The molecule has 1 N–H and O–H groups in total. The van der Waals surface area contributed by atoms with Crippen LogP contribution in [0.4, 0.5) is 11.4 Å². The Balaban J connectivity index is 2.41. The first-order valence-electron chi connectivity index (χ1n) is 6.46. The molecule has 5 nitrogen and oxygen atoms in total. The van der Waals surface area contributed by atoms with E-state index in [9.17, 15) is 9.59 Å². The molecule has 1 heterocycles. The molecule has 0 fully saturated rings. The fourth-order valence-corrected chi connectivity index (χ4v) is 2.24. The molecule has 0 radical (unpaired) electrons. The molecule has 2 rings (SSSR count). The number of aliphatic carboxylic acids is 1. The molecule has 5 heteroatoms. The van der Waals surface area contributed by atoms with Crippen molar-refractivity contribution in [3.05, 3.63) is 35.4 Å². The smallest absolute Gasteiger partial charge is 0.331 e. The average Bonchev–Trinajstić information content (AvgIpc) is 2.45. The predicted molar refractivity (Wildman–Crippen MR) is 78.1 cm³/mol. The van der Waals surface area contributed by atoms with E-state index in [1.165, 1.54) is 6.92 Å². The Bertz CT molecular complexity index is 593. The lowest BCUT2D eigenvalue weighted by Crippen LogP contribution is -2.43. The van der Waals surface area contributed by atoms with Gasteiger partial charge >= 0.3 is 5.97 Å². The molecule has 0 aromatic heterocycles. The van der Waals surface area contributed by atoms with Crippen LogP contribution in [0.1, 0.15) is 13.8 Å². The highest BCUT2D eigenvalue weighted by Gasteiger charge is 2.26. The molecular formula is C15H18N2O3. The van der Waals surface area contributed by atoms with Gasteiger partial charge in [-0.2, -0.15) is 0 Å². The Morgan fingerprint density at radius 2 is 1.65 bits per heavy atom. The molecule has 0 saturated carbocycles. The van der Waals surface area contributed by atoms with E-state index in [4.69, 9.17) is 5.11 Å². The summed E-state index contributed by atoms with van der Waals surface area (Å²) in [4.78, 5) is 27.2. The highest BCUT2D eigenvalue weighted by Crippen LogP contribution is 2.32. The molecule has 0 saturated heterocycles. The van der Waals surface area contributed by atoms with Gasteiger partial charge in [0.1, 0.15) is 0 Å². The highest BCUT2D eigenvalue weighted by molar-refractivity contribution is 6.11. The van der Waals surface area contributed by atoms with Crippen LogP contribution < -0.4 is 9.80 Å². The number of rotatable bonds is 2. The molecule has 0 spiro atoms. The van der Waals surface area contributed by atoms with Gasteiger partial charge in [0.25, 0.3) is 5.91 Å². The maximum Gasteiger partial charge on any atom is 0.331 e. The number of para-hydroxylation sites is 2. The molecule has 20 heavy (non-hydrogen) atoms. The molecule has 106 valence electrons. The SMILES string of the molecule is CC(C(=O)O)=C(C)C(=O)N1CCN(C)c2ccccc21. The second kappa shape index (κ2) is 5.36. The summed E-state index contributed by atoms with van der Waals surface area (Å²) in [5, 5.41) is 9.00. The van der Waals surface area contributed by atoms with Gasteiger partial charge in [0.15, 0.2) is 0 Å². The van der Waals surface area contributed by atoms with Gasteiger partial charge in [0.2, 0.25) is 0 Å². The summed E-state index contributed by atoms with van der Waals surface area (Å²) in [6, 6.07) is 7.64. The monoisotopic (exact) mass is 274 g/mol. The van der Waals surface area contributed by atoms with Crippen LogP contribution in [0, 0.1) is 0 Å². The molecule has 1 amide bonds. The number of carbonyl (C=O) groups is 2. The number of benzene rings is 1. The number of fused-ring (bicyclic) bond motifs is 1. The molecule has 0 bridgehead atoms. The standard InChI is InChI=1S/C15H18N2O3/c1-10(11(2)15(19)20)14(18)17-9-8-16(3)12-6-4-5-7-13(12)17/h4-7H,8-9H2,1-3H3,(H,19,20). The van der Waals surface area contributed by atoms with Crippen LogP contribution in [0.15, 0.2) is 35.4 Å². The predicted octanol–water partition coefficient (Wildman–Crippen LogP) is 1.89. The molecule has 1 aromatic carbocycles. The topological polar surface area (TPSA) is 60.9 Å². The van der Waals surface area contributed by atoms with Crippen molar-refractivity contribution in [1.82, 2.24) is 0 Å². The third kappa shape index (κ3) is 2.39. The number of carbonyl (C=O) groups excluding carboxylic acids is 1. The maximum atomic E-state index is 12.5. The van der Waals surface area contributed by atoms with Crippen molar-refractivity contribution in [2.75, 3.05) is 29.9 Å². The highest BCUT2D eigenvalue weighted by atomic mass is 16.4. The lowest BCUT2D eigenvalue weighted by Gasteiger charge is -2.35. The largest absolute Gasteiger partial charge is 0.478 e. The minimum atomic E-state index is -1.06. The number of carboxylic acids is 1. The quantitative estimate of drug-likeness (QED) is 0.837. The summed E-state index contributed by atoms with van der Waals surface area (Å²) < 4.78 is 0. The number of hydrogen-bond acceptors (Lipinski definition) is 3. The maximum absolute atomic E-state index is 12.5. The minimum absolute atomic E-state index is 0.0893. The molecule has 0 aliphatic carbocycles. The van der Waals surface area contributed by atoms with Gasteiger partial charge in [-0.15, -0.1) is 0 Å². The van der Waals surface area contributed by atoms with Crippen molar-refractivity contribution in [1.29, 1.82) is 0 Å². The van der Waals surface area contributed by atoms with Gasteiger partial charge in [-0.1, -0.05) is 12.1 Å². The van der Waals surface area contributed by atoms with E-state index in [1.807, 2.05) is 31.3 Å². The van der Waals surface area contributed by atoms with Crippen molar-refractivity contribution in [3.63, 3.8) is 0 Å². The summed E-state index contributed by atoms with van der Waals surface area (Å²) in [5.41, 5.74) is 2.17. The lowest BCUT2D eigenvalue weighted by molar-refractivity contribution is -0.133. The Morgan fingerprint density at radius 1 is 1.05 bits per heavy atom. The van der Waals surface area contributed by atoms with Crippen molar-refractivity contribution in [2.45, 2.75) is 13.8 Å². The fraction of sp³-hybridized carbons (Fsp3) is 0.333. The Kier molecular flexibility index (Phi) is 3.79. The molecular weight excluding hydrogens is 256 g/mol. The van der Waals surface area contributed by atoms with Gasteiger partial charge < -0.3 is 14.9 Å². The zero-order chi connectivity index (χ0) is 14.9. The zero-order valence-electron chi connectivity index (χ0n) is 11.9. The number of anilines is 2. The van der Waals surface area contributed by atoms with Gasteiger partial charge in [-0.25, -0.2) is 4.79 Å². The van der Waals surface area contributed by atoms with Gasteiger partial charge in [0.05, 0.1) is 11.4 Å². The van der Waals surface area contributed by atoms with E-state index in [0.29, 0.717) is 6.54 Å². The number of nitrogens with zero attached hydrogens (tertiary/aromatic N) is 2. The summed E-state index contributed by atoms with van der Waals surface area (Å²) in [6.45, 7) is 4.29. The minimum Gasteiger partial charge on any atom is -0.478 e. The number of hydrogen-bond donors (Lipinski definition) is 1. The fourth-order valence-electron chi connectivity index (χ4n) is 2.24. The van der Waals surface area contributed by atoms with Crippen molar-refractivity contribution in [2.24, 2.45) is 0 Å². The molecule has 0 unspecified atom stereocenters. The van der Waals surface area contributed by atoms with E-state index >= 15 is 0 Å². The van der Waals surface area contributed by atoms with Crippen LogP contribution in [0.2, 0.25) is 0 Å². The van der Waals surface area contributed by atoms with Crippen LogP contribution in [0.5, 0.6) is 0 Å². The second-order valence-electron chi connectivity index (χ2n) is 4.92. The summed E-state index contributed by atoms with van der Waals surface area (Å²) in [7, 11) is 1.98. The lowest BCUT2D eigenvalue weighted by atomic mass is 10.1. The summed E-state index contributed by atoms with van der Waals surface area (Å²) in [5.74, 6) is -1.30. The first kappa shape index (κ1) is 14.1. The Labute approximate surface area is 118 Å². The van der Waals surface area contributed by atoms with E-state index in [1.54, 1.807) is 11.8 Å². The normalized spacial score (nSPS) is 15.6. The van der Waals surface area contributed by atoms with Crippen molar-refractivity contribution in [3.8, 4) is 0 Å². The molecule has 1 aromatic rings. The van der Waals surface area contributed by atoms with Crippen LogP contribution >= 0.6 is 0 Å². The number of likely N-dealkylation sites (N-methyl/N-ethyl adjacent to an activating group) is 1. The van der Waals surface area contributed by atoms with E-state index in [0.717, 1.165) is 17.9 Å². The number of amides is 1. The second-order valence-corrected chi connectivity index (χ2v) is 4.92. The Morgan fingerprint density at radius 3 is 2.25 bits per heavy atom. The first-order chi connectivity index (χ1) is 9.43. The average molecular weight is 274 g/mol. The molecule has 1 aliphatic rings. The van der Waals surface area contributed by atoms with E-state index < -0.39 is 5.97 Å². The third-order valence-electron chi connectivity index (χ3n) is 3.69. The van der Waals surface area contributed by atoms with Crippen molar-refractivity contribution >= 4 is 23.3 Å². The number of carboxylic acid groups (broad SMARTS) is 1. The van der Waals surface area contributed by atoms with Gasteiger partial charge in [0, 0.05) is 31.3 Å². The van der Waals surface area contributed by atoms with Gasteiger partial charge in [-0.05, 0) is 26.0 Å². The van der Waals surface area contributed by atoms with Crippen LogP contribution in [0.3, 0.4) is 0 Å². The summed E-state index contributed by atoms with van der Waals surface area (Å²) in [6.07, 6.45) is 0. The summed E-state index contributed by atoms with van der Waals surface area (Å²) >= 11 is 0. The van der Waals surface area contributed by atoms with E-state index in [2.05, 4.69) is 4.90 Å². The molecule has 0 atom stereocenters. The first-order valence-corrected chi connectivity index (χ1v) is 6.46. The third-order valence-corrected chi connectivity index (χ3v) is 3.69. The van der Waals surface area contributed by atoms with Crippen molar-refractivity contribution < 1.29 is 14.7 Å². The zero-order valence-corrected chi connectivity index (χ0v) is 11.9. The van der Waals surface area contributed by atoms with Crippen LogP contribution in [-0.4, -0.2) is 37.1 Å².